The topological polar surface area (TPSA) is 42.5 Å². The van der Waals surface area contributed by atoms with Crippen LogP contribution in [0.2, 0.25) is 0 Å². The lowest BCUT2D eigenvalue weighted by Crippen LogP contribution is -2.05. The molecule has 0 bridgehead atoms. The van der Waals surface area contributed by atoms with Crippen LogP contribution in [0, 0.1) is 0 Å². The van der Waals surface area contributed by atoms with Crippen LogP contribution in [0.1, 0.15) is 0 Å². The van der Waals surface area contributed by atoms with Gasteiger partial charge >= 0.3 is 0 Å². The van der Waals surface area contributed by atoms with Gasteiger partial charge in [0.2, 0.25) is 0 Å². The van der Waals surface area contributed by atoms with Crippen LogP contribution in [0.4, 0.5) is 11.4 Å². The molecule has 0 saturated carbocycles. The van der Waals surface area contributed by atoms with E-state index in [1.165, 1.54) is 0 Å². The summed E-state index contributed by atoms with van der Waals surface area (Å²) in [6.07, 6.45) is 0. The van der Waals surface area contributed by atoms with Crippen LogP contribution in [0.3, 0.4) is 0 Å². The standard InChI is InChI=1S/C10H16N2O2/c1-13-7-11-9-4-3-5-10(6-9)12-8-14-2/h3-6,11-12H,7-8H2,1-2H3. The van der Waals surface area contributed by atoms with Crippen molar-refractivity contribution in [2.75, 3.05) is 38.3 Å². The Balaban J connectivity index is 2.50. The van der Waals surface area contributed by atoms with Crippen molar-refractivity contribution in [2.45, 2.75) is 0 Å². The number of hydrogen-bond donors (Lipinski definition) is 2. The fraction of sp³-hybridized carbons (Fsp3) is 0.400. The highest BCUT2D eigenvalue weighted by Gasteiger charge is 1.93. The first-order valence-electron chi connectivity index (χ1n) is 4.42. The Labute approximate surface area is 84.2 Å². The molecule has 78 valence electrons. The summed E-state index contributed by atoms with van der Waals surface area (Å²) in [5.41, 5.74) is 2.04. The zero-order chi connectivity index (χ0) is 10.2. The maximum Gasteiger partial charge on any atom is 0.116 e. The van der Waals surface area contributed by atoms with E-state index in [0.717, 1.165) is 11.4 Å². The fourth-order valence-electron chi connectivity index (χ4n) is 1.05. The normalized spacial score (nSPS) is 9.86. The van der Waals surface area contributed by atoms with E-state index in [1.54, 1.807) is 14.2 Å². The second-order valence-corrected chi connectivity index (χ2v) is 2.80. The van der Waals surface area contributed by atoms with Gasteiger partial charge in [0, 0.05) is 25.6 Å². The summed E-state index contributed by atoms with van der Waals surface area (Å²) in [6, 6.07) is 7.93. The molecule has 0 aliphatic rings. The lowest BCUT2D eigenvalue weighted by atomic mass is 10.3. The van der Waals surface area contributed by atoms with E-state index < -0.39 is 0 Å². The summed E-state index contributed by atoms with van der Waals surface area (Å²) < 4.78 is 9.82. The highest BCUT2D eigenvalue weighted by molar-refractivity contribution is 5.56. The van der Waals surface area contributed by atoms with Gasteiger partial charge in [-0.2, -0.15) is 0 Å². The summed E-state index contributed by atoms with van der Waals surface area (Å²) in [5, 5.41) is 6.22. The molecule has 0 unspecified atom stereocenters. The number of hydrogen-bond acceptors (Lipinski definition) is 4. The van der Waals surface area contributed by atoms with Crippen molar-refractivity contribution in [3.05, 3.63) is 24.3 Å². The molecule has 4 heteroatoms. The van der Waals surface area contributed by atoms with Crippen LogP contribution >= 0.6 is 0 Å². The zero-order valence-corrected chi connectivity index (χ0v) is 8.54. The first-order chi connectivity index (χ1) is 6.86. The van der Waals surface area contributed by atoms with E-state index in [4.69, 9.17) is 9.47 Å². The van der Waals surface area contributed by atoms with Crippen molar-refractivity contribution in [1.29, 1.82) is 0 Å². The lowest BCUT2D eigenvalue weighted by Gasteiger charge is -2.08. The smallest absolute Gasteiger partial charge is 0.116 e. The average Bonchev–Trinajstić information content (AvgIpc) is 2.24. The first kappa shape index (κ1) is 10.8. The third-order valence-corrected chi connectivity index (χ3v) is 1.70. The molecule has 1 rings (SSSR count). The molecular formula is C10H16N2O2. The van der Waals surface area contributed by atoms with Gasteiger partial charge in [0.15, 0.2) is 0 Å². The molecule has 0 spiro atoms. The van der Waals surface area contributed by atoms with Crippen LogP contribution in [0.5, 0.6) is 0 Å². The molecule has 0 saturated heterocycles. The van der Waals surface area contributed by atoms with E-state index >= 15 is 0 Å². The zero-order valence-electron chi connectivity index (χ0n) is 8.54. The van der Waals surface area contributed by atoms with Crippen molar-refractivity contribution in [2.24, 2.45) is 0 Å². The van der Waals surface area contributed by atoms with Crippen molar-refractivity contribution >= 4 is 11.4 Å². The summed E-state index contributed by atoms with van der Waals surface area (Å²) in [7, 11) is 3.31. The number of methoxy groups -OCH3 is 2. The minimum atomic E-state index is 0.508. The summed E-state index contributed by atoms with van der Waals surface area (Å²) in [5.74, 6) is 0. The van der Waals surface area contributed by atoms with Crippen LogP contribution in [-0.4, -0.2) is 27.7 Å². The molecule has 1 aromatic rings. The molecule has 0 radical (unpaired) electrons. The van der Waals surface area contributed by atoms with Crippen LogP contribution in [0.15, 0.2) is 24.3 Å². The molecule has 0 atom stereocenters. The Morgan fingerprint density at radius 2 is 1.50 bits per heavy atom. The second kappa shape index (κ2) is 6.23. The van der Waals surface area contributed by atoms with E-state index in [-0.39, 0.29) is 0 Å². The van der Waals surface area contributed by atoms with Crippen molar-refractivity contribution in [1.82, 2.24) is 0 Å². The van der Waals surface area contributed by atoms with Gasteiger partial charge < -0.3 is 20.1 Å². The molecule has 0 amide bonds. The molecule has 2 N–H and O–H groups in total. The maximum atomic E-state index is 4.91. The molecule has 1 aromatic carbocycles. The van der Waals surface area contributed by atoms with Crippen molar-refractivity contribution in [3.63, 3.8) is 0 Å². The fourth-order valence-corrected chi connectivity index (χ4v) is 1.05. The Hall–Kier alpha value is -1.26. The average molecular weight is 196 g/mol. The van der Waals surface area contributed by atoms with Gasteiger partial charge in [0.1, 0.15) is 13.5 Å². The molecule has 4 nitrogen and oxygen atoms in total. The molecule has 14 heavy (non-hydrogen) atoms. The summed E-state index contributed by atoms with van der Waals surface area (Å²) in [4.78, 5) is 0. The van der Waals surface area contributed by atoms with E-state index in [0.29, 0.717) is 13.5 Å². The van der Waals surface area contributed by atoms with Crippen molar-refractivity contribution in [3.8, 4) is 0 Å². The van der Waals surface area contributed by atoms with Crippen LogP contribution < -0.4 is 10.6 Å². The molecule has 0 aromatic heterocycles. The molecular weight excluding hydrogens is 180 g/mol. The van der Waals surface area contributed by atoms with Gasteiger partial charge in [-0.25, -0.2) is 0 Å². The van der Waals surface area contributed by atoms with E-state index in [2.05, 4.69) is 10.6 Å². The number of ether oxygens (including phenoxy) is 2. The van der Waals surface area contributed by atoms with E-state index in [1.807, 2.05) is 24.3 Å². The van der Waals surface area contributed by atoms with E-state index in [9.17, 15) is 0 Å². The number of anilines is 2. The largest absolute Gasteiger partial charge is 0.365 e. The Morgan fingerprint density at radius 3 is 1.93 bits per heavy atom. The monoisotopic (exact) mass is 196 g/mol. The summed E-state index contributed by atoms with van der Waals surface area (Å²) >= 11 is 0. The third-order valence-electron chi connectivity index (χ3n) is 1.70. The van der Waals surface area contributed by atoms with Gasteiger partial charge in [-0.3, -0.25) is 0 Å². The molecule has 0 aliphatic heterocycles. The van der Waals surface area contributed by atoms with Crippen LogP contribution in [-0.2, 0) is 9.47 Å². The van der Waals surface area contributed by atoms with Gasteiger partial charge in [0.25, 0.3) is 0 Å². The Morgan fingerprint density at radius 1 is 1.00 bits per heavy atom. The molecule has 0 fully saturated rings. The lowest BCUT2D eigenvalue weighted by molar-refractivity contribution is 0.221. The Bertz CT molecular complexity index is 243. The SMILES string of the molecule is COCNc1cccc(NCOC)c1. The van der Waals surface area contributed by atoms with Gasteiger partial charge in [-0.05, 0) is 18.2 Å². The van der Waals surface area contributed by atoms with Gasteiger partial charge in [0.05, 0.1) is 0 Å². The predicted molar refractivity (Wildman–Crippen MR) is 57.4 cm³/mol. The maximum absolute atomic E-state index is 4.91. The number of rotatable bonds is 6. The first-order valence-corrected chi connectivity index (χ1v) is 4.42. The highest BCUT2D eigenvalue weighted by atomic mass is 16.5. The molecule has 0 heterocycles. The number of nitrogens with one attached hydrogen (secondary N) is 2. The highest BCUT2D eigenvalue weighted by Crippen LogP contribution is 2.14. The van der Waals surface area contributed by atoms with Gasteiger partial charge in [-0.1, -0.05) is 6.07 Å². The van der Waals surface area contributed by atoms with Gasteiger partial charge in [-0.15, -0.1) is 0 Å². The minimum Gasteiger partial charge on any atom is -0.365 e. The quantitative estimate of drug-likeness (QED) is 0.680. The second-order valence-electron chi connectivity index (χ2n) is 2.80. The number of benzene rings is 1. The third kappa shape index (κ3) is 3.64. The minimum absolute atomic E-state index is 0.508. The summed E-state index contributed by atoms with van der Waals surface area (Å²) in [6.45, 7) is 1.02. The molecule has 0 aliphatic carbocycles. The Kier molecular flexibility index (Phi) is 4.82. The predicted octanol–water partition coefficient (Wildman–Crippen LogP) is 1.72. The van der Waals surface area contributed by atoms with Crippen molar-refractivity contribution < 1.29 is 9.47 Å². The van der Waals surface area contributed by atoms with Crippen LogP contribution in [0.25, 0.3) is 0 Å².